The van der Waals surface area contributed by atoms with E-state index in [1.807, 2.05) is 18.7 Å². The average Bonchev–Trinajstić information content (AvgIpc) is 2.45. The fraction of sp³-hybridized carbons (Fsp3) is 0.727. The number of aryl methyl sites for hydroxylation is 2. The summed E-state index contributed by atoms with van der Waals surface area (Å²) in [5.41, 5.74) is 7.67. The normalized spacial score (nSPS) is 22.3. The number of anilines is 2. The molecular weight excluding hydrogens is 202 g/mol. The Morgan fingerprint density at radius 2 is 2.19 bits per heavy atom. The van der Waals surface area contributed by atoms with Crippen LogP contribution in [0.5, 0.6) is 0 Å². The molecule has 2 rings (SSSR count). The van der Waals surface area contributed by atoms with Crippen molar-refractivity contribution in [1.82, 2.24) is 14.7 Å². The second-order valence-corrected chi connectivity index (χ2v) is 4.72. The van der Waals surface area contributed by atoms with Gasteiger partial charge in [0, 0.05) is 19.6 Å². The van der Waals surface area contributed by atoms with E-state index in [9.17, 15) is 0 Å². The quantitative estimate of drug-likeness (QED) is 0.779. The van der Waals surface area contributed by atoms with Gasteiger partial charge in [-0.05, 0) is 33.4 Å². The van der Waals surface area contributed by atoms with Crippen LogP contribution < -0.4 is 11.1 Å². The van der Waals surface area contributed by atoms with E-state index < -0.39 is 0 Å². The number of hydrogen-bond acceptors (Lipinski definition) is 4. The van der Waals surface area contributed by atoms with Crippen LogP contribution in [0.2, 0.25) is 0 Å². The van der Waals surface area contributed by atoms with Gasteiger partial charge < -0.3 is 16.0 Å². The minimum atomic E-state index is 0.482. The van der Waals surface area contributed by atoms with Crippen molar-refractivity contribution >= 4 is 11.5 Å². The number of likely N-dealkylation sites (tertiary alicyclic amines) is 1. The van der Waals surface area contributed by atoms with Crippen molar-refractivity contribution in [3.8, 4) is 0 Å². The smallest absolute Gasteiger partial charge is 0.148 e. The van der Waals surface area contributed by atoms with E-state index >= 15 is 0 Å². The van der Waals surface area contributed by atoms with Crippen LogP contribution in [-0.4, -0.2) is 40.9 Å². The Kier molecular flexibility index (Phi) is 3.05. The van der Waals surface area contributed by atoms with Crippen molar-refractivity contribution in [1.29, 1.82) is 0 Å². The highest BCUT2D eigenvalue weighted by Gasteiger charge is 2.19. The molecule has 0 radical (unpaired) electrons. The molecule has 1 saturated heterocycles. The fourth-order valence-electron chi connectivity index (χ4n) is 2.32. The standard InChI is InChI=1S/C11H21N5/c1-8-10(12)11(16(3)14-8)13-9-5-4-6-15(2)7-9/h9,13H,4-7,12H2,1-3H3. The van der Waals surface area contributed by atoms with Crippen LogP contribution in [0, 0.1) is 6.92 Å². The molecule has 0 aromatic carbocycles. The maximum Gasteiger partial charge on any atom is 0.148 e. The van der Waals surface area contributed by atoms with Crippen LogP contribution in [-0.2, 0) is 7.05 Å². The summed E-state index contributed by atoms with van der Waals surface area (Å²) in [6.45, 7) is 4.20. The molecule has 0 aliphatic carbocycles. The van der Waals surface area contributed by atoms with E-state index in [1.165, 1.54) is 19.4 Å². The Bertz CT molecular complexity index is 371. The molecule has 0 amide bonds. The number of nitrogens with one attached hydrogen (secondary N) is 1. The van der Waals surface area contributed by atoms with Gasteiger partial charge in [-0.2, -0.15) is 5.10 Å². The van der Waals surface area contributed by atoms with Crippen molar-refractivity contribution in [3.05, 3.63) is 5.69 Å². The average molecular weight is 223 g/mol. The zero-order valence-corrected chi connectivity index (χ0v) is 10.3. The third-order valence-corrected chi connectivity index (χ3v) is 3.23. The minimum absolute atomic E-state index is 0.482. The zero-order valence-electron chi connectivity index (χ0n) is 10.3. The molecule has 0 bridgehead atoms. The lowest BCUT2D eigenvalue weighted by Gasteiger charge is -2.30. The van der Waals surface area contributed by atoms with E-state index in [1.54, 1.807) is 0 Å². The van der Waals surface area contributed by atoms with E-state index in [4.69, 9.17) is 5.73 Å². The van der Waals surface area contributed by atoms with Gasteiger partial charge in [-0.25, -0.2) is 0 Å². The summed E-state index contributed by atoms with van der Waals surface area (Å²) in [7, 11) is 4.09. The Morgan fingerprint density at radius 1 is 1.44 bits per heavy atom. The molecule has 1 unspecified atom stereocenters. The summed E-state index contributed by atoms with van der Waals surface area (Å²) in [4.78, 5) is 2.35. The summed E-state index contributed by atoms with van der Waals surface area (Å²) in [5, 5.41) is 7.81. The second-order valence-electron chi connectivity index (χ2n) is 4.72. The van der Waals surface area contributed by atoms with Crippen molar-refractivity contribution in [2.45, 2.75) is 25.8 Å². The molecule has 1 aliphatic heterocycles. The molecule has 1 aliphatic rings. The third kappa shape index (κ3) is 2.14. The summed E-state index contributed by atoms with van der Waals surface area (Å²) in [6, 6.07) is 0.482. The van der Waals surface area contributed by atoms with Gasteiger partial charge in [-0.3, -0.25) is 4.68 Å². The SMILES string of the molecule is Cc1nn(C)c(NC2CCCN(C)C2)c1N. The highest BCUT2D eigenvalue weighted by Crippen LogP contribution is 2.23. The first kappa shape index (κ1) is 11.3. The second kappa shape index (κ2) is 4.33. The lowest BCUT2D eigenvalue weighted by Crippen LogP contribution is -2.40. The number of nitrogens with zero attached hydrogens (tertiary/aromatic N) is 3. The summed E-state index contributed by atoms with van der Waals surface area (Å²) < 4.78 is 1.83. The van der Waals surface area contributed by atoms with Crippen molar-refractivity contribution < 1.29 is 0 Å². The molecule has 0 saturated carbocycles. The van der Waals surface area contributed by atoms with Gasteiger partial charge in [-0.15, -0.1) is 0 Å². The Hall–Kier alpha value is -1.23. The van der Waals surface area contributed by atoms with E-state index in [0.717, 1.165) is 23.7 Å². The zero-order chi connectivity index (χ0) is 11.7. The van der Waals surface area contributed by atoms with Crippen LogP contribution in [0.15, 0.2) is 0 Å². The number of nitrogen functional groups attached to an aromatic ring is 1. The predicted octanol–water partition coefficient (Wildman–Crippen LogP) is 0.817. The van der Waals surface area contributed by atoms with Gasteiger partial charge in [0.05, 0.1) is 11.4 Å². The van der Waals surface area contributed by atoms with E-state index in [-0.39, 0.29) is 0 Å². The Balaban J connectivity index is 2.08. The van der Waals surface area contributed by atoms with Crippen molar-refractivity contribution in [3.63, 3.8) is 0 Å². The first-order valence-electron chi connectivity index (χ1n) is 5.82. The molecule has 16 heavy (non-hydrogen) atoms. The fourth-order valence-corrected chi connectivity index (χ4v) is 2.32. The Morgan fingerprint density at radius 3 is 2.75 bits per heavy atom. The molecular formula is C11H21N5. The highest BCUT2D eigenvalue weighted by atomic mass is 15.3. The monoisotopic (exact) mass is 223 g/mol. The highest BCUT2D eigenvalue weighted by molar-refractivity contribution is 5.65. The first-order chi connectivity index (χ1) is 7.58. The molecule has 90 valence electrons. The van der Waals surface area contributed by atoms with Gasteiger partial charge >= 0.3 is 0 Å². The lowest BCUT2D eigenvalue weighted by atomic mass is 10.1. The van der Waals surface area contributed by atoms with Crippen molar-refractivity contribution in [2.24, 2.45) is 7.05 Å². The van der Waals surface area contributed by atoms with Crippen molar-refractivity contribution in [2.75, 3.05) is 31.2 Å². The van der Waals surface area contributed by atoms with Crippen LogP contribution in [0.3, 0.4) is 0 Å². The van der Waals surface area contributed by atoms with Crippen LogP contribution in [0.1, 0.15) is 18.5 Å². The van der Waals surface area contributed by atoms with Crippen LogP contribution in [0.25, 0.3) is 0 Å². The minimum Gasteiger partial charge on any atom is -0.394 e. The molecule has 5 heteroatoms. The summed E-state index contributed by atoms with van der Waals surface area (Å²) >= 11 is 0. The molecule has 1 fully saturated rings. The molecule has 3 N–H and O–H groups in total. The number of rotatable bonds is 2. The van der Waals surface area contributed by atoms with E-state index in [0.29, 0.717) is 6.04 Å². The van der Waals surface area contributed by atoms with Crippen LogP contribution >= 0.6 is 0 Å². The largest absolute Gasteiger partial charge is 0.394 e. The summed E-state index contributed by atoms with van der Waals surface area (Å²) in [5.74, 6) is 0.956. The number of aromatic nitrogens is 2. The maximum absolute atomic E-state index is 6.00. The molecule has 1 atom stereocenters. The molecule has 5 nitrogen and oxygen atoms in total. The molecule has 1 aromatic rings. The number of nitrogens with two attached hydrogens (primary N) is 1. The Labute approximate surface area is 96.6 Å². The van der Waals surface area contributed by atoms with Gasteiger partial charge in [0.15, 0.2) is 0 Å². The molecule has 1 aromatic heterocycles. The van der Waals surface area contributed by atoms with Gasteiger partial charge in [0.2, 0.25) is 0 Å². The van der Waals surface area contributed by atoms with E-state index in [2.05, 4.69) is 22.4 Å². The number of hydrogen-bond donors (Lipinski definition) is 2. The van der Waals surface area contributed by atoms with Gasteiger partial charge in [0.1, 0.15) is 5.82 Å². The van der Waals surface area contributed by atoms with Crippen LogP contribution in [0.4, 0.5) is 11.5 Å². The third-order valence-electron chi connectivity index (χ3n) is 3.23. The molecule has 0 spiro atoms. The number of likely N-dealkylation sites (N-methyl/N-ethyl adjacent to an activating group) is 1. The lowest BCUT2D eigenvalue weighted by molar-refractivity contribution is 0.260. The molecule has 2 heterocycles. The first-order valence-corrected chi connectivity index (χ1v) is 5.82. The maximum atomic E-state index is 6.00. The summed E-state index contributed by atoms with van der Waals surface area (Å²) in [6.07, 6.45) is 2.44. The van der Waals surface area contributed by atoms with Gasteiger partial charge in [0.25, 0.3) is 0 Å². The predicted molar refractivity (Wildman–Crippen MR) is 66.5 cm³/mol. The number of piperidine rings is 1. The van der Waals surface area contributed by atoms with Gasteiger partial charge in [-0.1, -0.05) is 0 Å². The topological polar surface area (TPSA) is 59.1 Å².